The number of aliphatic hydroxyl groups is 1. The molecule has 3 N–H and O–H groups in total. The minimum absolute atomic E-state index is 0.191. The number of hydrogen-bond donors (Lipinski definition) is 3. The van der Waals surface area contributed by atoms with Gasteiger partial charge in [-0.15, -0.1) is 0 Å². The predicted octanol–water partition coefficient (Wildman–Crippen LogP) is 2.77. The number of hydrogen-bond acceptors (Lipinski definition) is 3. The SMILES string of the molecule is CCc1c(NC(=O)NCC2CCCC(O)C2)cnn1CC(C)C. The lowest BCUT2D eigenvalue weighted by molar-refractivity contribution is 0.101. The van der Waals surface area contributed by atoms with E-state index >= 15 is 0 Å². The molecule has 23 heavy (non-hydrogen) atoms. The van der Waals surface area contributed by atoms with Crippen molar-refractivity contribution in [1.82, 2.24) is 15.1 Å². The van der Waals surface area contributed by atoms with Crippen molar-refractivity contribution in [1.29, 1.82) is 0 Å². The molecule has 0 saturated heterocycles. The minimum Gasteiger partial charge on any atom is -0.393 e. The van der Waals surface area contributed by atoms with Crippen molar-refractivity contribution in [3.63, 3.8) is 0 Å². The van der Waals surface area contributed by atoms with Crippen LogP contribution in [0.3, 0.4) is 0 Å². The second-order valence-corrected chi connectivity index (χ2v) is 6.96. The molecule has 2 atom stereocenters. The molecule has 6 heteroatoms. The van der Waals surface area contributed by atoms with Crippen molar-refractivity contribution in [2.45, 2.75) is 65.5 Å². The van der Waals surface area contributed by atoms with E-state index in [1.807, 2.05) is 4.68 Å². The molecule has 1 fully saturated rings. The van der Waals surface area contributed by atoms with Crippen molar-refractivity contribution in [3.05, 3.63) is 11.9 Å². The lowest BCUT2D eigenvalue weighted by Crippen LogP contribution is -2.35. The summed E-state index contributed by atoms with van der Waals surface area (Å²) in [5, 5.41) is 19.9. The fourth-order valence-corrected chi connectivity index (χ4v) is 3.24. The van der Waals surface area contributed by atoms with Crippen LogP contribution in [0.1, 0.15) is 52.1 Å². The molecular weight excluding hydrogens is 292 g/mol. The summed E-state index contributed by atoms with van der Waals surface area (Å²) >= 11 is 0. The Morgan fingerprint density at radius 3 is 2.91 bits per heavy atom. The Kier molecular flexibility index (Phi) is 6.45. The van der Waals surface area contributed by atoms with E-state index in [4.69, 9.17) is 0 Å². The molecule has 2 unspecified atom stereocenters. The Labute approximate surface area is 138 Å². The van der Waals surface area contributed by atoms with Crippen LogP contribution in [0.25, 0.3) is 0 Å². The van der Waals surface area contributed by atoms with Crippen molar-refractivity contribution >= 4 is 11.7 Å². The second-order valence-electron chi connectivity index (χ2n) is 6.96. The summed E-state index contributed by atoms with van der Waals surface area (Å²) in [5.41, 5.74) is 1.84. The van der Waals surface area contributed by atoms with Gasteiger partial charge in [0.05, 0.1) is 23.7 Å². The number of amides is 2. The summed E-state index contributed by atoms with van der Waals surface area (Å²) in [4.78, 5) is 12.1. The number of carbonyl (C=O) groups is 1. The Morgan fingerprint density at radius 2 is 2.26 bits per heavy atom. The predicted molar refractivity (Wildman–Crippen MR) is 91.4 cm³/mol. The molecular formula is C17H30N4O2. The molecule has 2 amide bonds. The van der Waals surface area contributed by atoms with Gasteiger partial charge in [-0.1, -0.05) is 27.2 Å². The van der Waals surface area contributed by atoms with E-state index in [0.29, 0.717) is 18.4 Å². The van der Waals surface area contributed by atoms with Crippen LogP contribution in [-0.2, 0) is 13.0 Å². The zero-order valence-corrected chi connectivity index (χ0v) is 14.5. The van der Waals surface area contributed by atoms with E-state index in [-0.39, 0.29) is 12.1 Å². The van der Waals surface area contributed by atoms with E-state index in [2.05, 4.69) is 36.5 Å². The van der Waals surface area contributed by atoms with Gasteiger partial charge in [-0.3, -0.25) is 4.68 Å². The maximum atomic E-state index is 12.1. The normalized spacial score (nSPS) is 21.4. The maximum absolute atomic E-state index is 12.1. The zero-order valence-electron chi connectivity index (χ0n) is 14.5. The van der Waals surface area contributed by atoms with Crippen LogP contribution in [0.5, 0.6) is 0 Å². The molecule has 0 aliphatic heterocycles. The highest BCUT2D eigenvalue weighted by atomic mass is 16.3. The first-order valence-corrected chi connectivity index (χ1v) is 8.77. The van der Waals surface area contributed by atoms with Gasteiger partial charge in [-0.05, 0) is 37.5 Å². The monoisotopic (exact) mass is 322 g/mol. The lowest BCUT2D eigenvalue weighted by atomic mass is 9.87. The third-order valence-corrected chi connectivity index (χ3v) is 4.38. The Morgan fingerprint density at radius 1 is 1.48 bits per heavy atom. The lowest BCUT2D eigenvalue weighted by Gasteiger charge is -2.25. The molecule has 130 valence electrons. The largest absolute Gasteiger partial charge is 0.393 e. The summed E-state index contributed by atoms with van der Waals surface area (Å²) < 4.78 is 1.97. The van der Waals surface area contributed by atoms with Crippen LogP contribution in [-0.4, -0.2) is 33.6 Å². The van der Waals surface area contributed by atoms with Crippen LogP contribution in [0, 0.1) is 11.8 Å². The Balaban J connectivity index is 1.86. The van der Waals surface area contributed by atoms with E-state index in [1.165, 1.54) is 0 Å². The van der Waals surface area contributed by atoms with Crippen LogP contribution in [0.15, 0.2) is 6.20 Å². The molecule has 0 spiro atoms. The number of aliphatic hydroxyl groups excluding tert-OH is 1. The molecule has 6 nitrogen and oxygen atoms in total. The summed E-state index contributed by atoms with van der Waals surface area (Å²) in [6, 6.07) is -0.191. The van der Waals surface area contributed by atoms with Gasteiger partial charge < -0.3 is 15.7 Å². The van der Waals surface area contributed by atoms with Crippen LogP contribution >= 0.6 is 0 Å². The fraction of sp³-hybridized carbons (Fsp3) is 0.765. The number of nitrogens with one attached hydrogen (secondary N) is 2. The number of urea groups is 1. The zero-order chi connectivity index (χ0) is 16.8. The second kappa shape index (κ2) is 8.34. The van der Waals surface area contributed by atoms with Crippen LogP contribution in [0.4, 0.5) is 10.5 Å². The third-order valence-electron chi connectivity index (χ3n) is 4.38. The van der Waals surface area contributed by atoms with E-state index in [1.54, 1.807) is 6.20 Å². The van der Waals surface area contributed by atoms with Gasteiger partial charge in [0.2, 0.25) is 0 Å². The molecule has 1 aliphatic rings. The van der Waals surface area contributed by atoms with Gasteiger partial charge >= 0.3 is 6.03 Å². The number of carbonyl (C=O) groups excluding carboxylic acids is 1. The van der Waals surface area contributed by atoms with E-state index in [9.17, 15) is 9.90 Å². The molecule has 0 bridgehead atoms. The molecule has 1 aromatic heterocycles. The smallest absolute Gasteiger partial charge is 0.319 e. The number of aromatic nitrogens is 2. The molecule has 1 heterocycles. The van der Waals surface area contributed by atoms with Crippen molar-refractivity contribution < 1.29 is 9.90 Å². The first-order chi connectivity index (χ1) is 11.0. The molecule has 0 radical (unpaired) electrons. The van der Waals surface area contributed by atoms with Crippen LogP contribution in [0.2, 0.25) is 0 Å². The average molecular weight is 322 g/mol. The van der Waals surface area contributed by atoms with Crippen molar-refractivity contribution in [2.24, 2.45) is 11.8 Å². The highest BCUT2D eigenvalue weighted by Gasteiger charge is 2.21. The number of anilines is 1. The standard InChI is InChI=1S/C17H30N4O2/c1-4-16-15(10-19-21(16)11-12(2)3)20-17(23)18-9-13-6-5-7-14(22)8-13/h10,12-14,22H,4-9,11H2,1-3H3,(H2,18,20,23). The van der Waals surface area contributed by atoms with Crippen molar-refractivity contribution in [3.8, 4) is 0 Å². The van der Waals surface area contributed by atoms with Crippen LogP contribution < -0.4 is 10.6 Å². The summed E-state index contributed by atoms with van der Waals surface area (Å²) in [6.45, 7) is 7.84. The molecule has 0 aromatic carbocycles. The average Bonchev–Trinajstić information content (AvgIpc) is 2.86. The molecule has 2 rings (SSSR count). The number of nitrogens with zero attached hydrogens (tertiary/aromatic N) is 2. The summed E-state index contributed by atoms with van der Waals surface area (Å²) in [7, 11) is 0. The molecule has 1 aliphatic carbocycles. The highest BCUT2D eigenvalue weighted by molar-refractivity contribution is 5.89. The van der Waals surface area contributed by atoms with Gasteiger partial charge in [0, 0.05) is 13.1 Å². The van der Waals surface area contributed by atoms with Gasteiger partial charge in [-0.2, -0.15) is 5.10 Å². The van der Waals surface area contributed by atoms with Gasteiger partial charge in [-0.25, -0.2) is 4.79 Å². The first-order valence-electron chi connectivity index (χ1n) is 8.77. The summed E-state index contributed by atoms with van der Waals surface area (Å²) in [5.74, 6) is 0.887. The van der Waals surface area contributed by atoms with Gasteiger partial charge in [0.25, 0.3) is 0 Å². The molecule has 1 aromatic rings. The summed E-state index contributed by atoms with van der Waals surface area (Å²) in [6.07, 6.45) is 6.13. The maximum Gasteiger partial charge on any atom is 0.319 e. The topological polar surface area (TPSA) is 79.2 Å². The minimum atomic E-state index is -0.209. The number of rotatable bonds is 6. The highest BCUT2D eigenvalue weighted by Crippen LogP contribution is 2.23. The fourth-order valence-electron chi connectivity index (χ4n) is 3.24. The van der Waals surface area contributed by atoms with E-state index in [0.717, 1.165) is 50.0 Å². The van der Waals surface area contributed by atoms with E-state index < -0.39 is 0 Å². The third kappa shape index (κ3) is 5.23. The Bertz CT molecular complexity index is 513. The van der Waals surface area contributed by atoms with Gasteiger partial charge in [0.15, 0.2) is 0 Å². The quantitative estimate of drug-likeness (QED) is 0.753. The first kappa shape index (κ1) is 17.8. The van der Waals surface area contributed by atoms with Gasteiger partial charge in [0.1, 0.15) is 0 Å². The Hall–Kier alpha value is -1.56. The van der Waals surface area contributed by atoms with Crippen molar-refractivity contribution in [2.75, 3.05) is 11.9 Å². The molecule has 1 saturated carbocycles.